The van der Waals surface area contributed by atoms with Crippen LogP contribution in [0.3, 0.4) is 0 Å². The number of aldehydes is 1. The zero-order chi connectivity index (χ0) is 22.8. The van der Waals surface area contributed by atoms with Crippen LogP contribution in [0.15, 0.2) is 91.1 Å². The van der Waals surface area contributed by atoms with Crippen LogP contribution >= 0.6 is 0 Å². The van der Waals surface area contributed by atoms with Gasteiger partial charge in [0, 0.05) is 23.5 Å². The number of benzene rings is 3. The summed E-state index contributed by atoms with van der Waals surface area (Å²) in [6, 6.07) is 25.0. The molecule has 6 heteroatoms. The maximum atomic E-state index is 13.6. The van der Waals surface area contributed by atoms with E-state index in [-0.39, 0.29) is 12.3 Å². The number of carbonyl (C=O) groups is 2. The Balaban J connectivity index is 1.97. The largest absolute Gasteiger partial charge is 0.497 e. The van der Waals surface area contributed by atoms with Crippen molar-refractivity contribution in [1.29, 1.82) is 5.41 Å². The highest BCUT2D eigenvalue weighted by Crippen LogP contribution is 2.26. The first-order chi connectivity index (χ1) is 15.6. The number of hydrogen-bond acceptors (Lipinski definition) is 6. The van der Waals surface area contributed by atoms with Crippen molar-refractivity contribution in [3.05, 3.63) is 102 Å². The highest BCUT2D eigenvalue weighted by atomic mass is 16.5. The zero-order valence-electron chi connectivity index (χ0n) is 17.7. The maximum Gasteiger partial charge on any atom is 0.207 e. The molecule has 3 aromatic carbocycles. The van der Waals surface area contributed by atoms with Crippen LogP contribution in [0.2, 0.25) is 0 Å². The van der Waals surface area contributed by atoms with Crippen LogP contribution in [0.5, 0.6) is 5.75 Å². The van der Waals surface area contributed by atoms with E-state index in [0.29, 0.717) is 22.6 Å². The summed E-state index contributed by atoms with van der Waals surface area (Å²) in [5, 5.41) is 14.8. The van der Waals surface area contributed by atoms with Crippen LogP contribution in [0.1, 0.15) is 17.2 Å². The second-order valence-electron chi connectivity index (χ2n) is 6.96. The van der Waals surface area contributed by atoms with E-state index in [9.17, 15) is 9.59 Å². The number of nitrogens with one attached hydrogen (secondary N) is 3. The minimum Gasteiger partial charge on any atom is -0.497 e. The molecule has 0 aliphatic rings. The molecule has 3 aromatic rings. The van der Waals surface area contributed by atoms with Crippen LogP contribution in [0, 0.1) is 5.41 Å². The molecule has 1 atom stereocenters. The van der Waals surface area contributed by atoms with E-state index in [0.717, 1.165) is 11.8 Å². The topological polar surface area (TPSA) is 91.3 Å². The van der Waals surface area contributed by atoms with Gasteiger partial charge in [-0.3, -0.25) is 10.2 Å². The van der Waals surface area contributed by atoms with E-state index in [1.165, 1.54) is 6.20 Å². The Hall–Kier alpha value is -4.19. The molecule has 0 fully saturated rings. The molecule has 0 aromatic heterocycles. The van der Waals surface area contributed by atoms with Gasteiger partial charge in [0.1, 0.15) is 23.8 Å². The smallest absolute Gasteiger partial charge is 0.207 e. The number of ketones is 1. The van der Waals surface area contributed by atoms with Gasteiger partial charge < -0.3 is 20.2 Å². The molecule has 6 nitrogen and oxygen atoms in total. The number of carbonyl (C=O) groups excluding carboxylic acids is 2. The van der Waals surface area contributed by atoms with Gasteiger partial charge in [-0.25, -0.2) is 0 Å². The van der Waals surface area contributed by atoms with Crippen molar-refractivity contribution in [2.75, 3.05) is 19.0 Å². The molecular formula is C26H25N3O3. The van der Waals surface area contributed by atoms with Gasteiger partial charge in [-0.2, -0.15) is 0 Å². The minimum absolute atomic E-state index is 0.0853. The lowest BCUT2D eigenvalue weighted by atomic mass is 9.92. The second kappa shape index (κ2) is 11.3. The number of rotatable bonds is 11. The summed E-state index contributed by atoms with van der Waals surface area (Å²) in [4.78, 5) is 24.3. The van der Waals surface area contributed by atoms with E-state index in [1.54, 1.807) is 13.2 Å². The summed E-state index contributed by atoms with van der Waals surface area (Å²) in [6.07, 6.45) is 2.26. The quantitative estimate of drug-likeness (QED) is 0.242. The maximum absolute atomic E-state index is 13.6. The summed E-state index contributed by atoms with van der Waals surface area (Å²) in [5.41, 5.74) is 2.38. The molecule has 32 heavy (non-hydrogen) atoms. The van der Waals surface area contributed by atoms with E-state index in [1.807, 2.05) is 78.9 Å². The van der Waals surface area contributed by atoms with Crippen LogP contribution in [0.25, 0.3) is 5.57 Å². The molecule has 0 radical (unpaired) electrons. The Morgan fingerprint density at radius 1 is 1.00 bits per heavy atom. The fourth-order valence-corrected chi connectivity index (χ4v) is 3.23. The van der Waals surface area contributed by atoms with E-state index >= 15 is 0 Å². The summed E-state index contributed by atoms with van der Waals surface area (Å²) in [5.74, 6) is 0.259. The average Bonchev–Trinajstić information content (AvgIpc) is 2.85. The summed E-state index contributed by atoms with van der Waals surface area (Å²) >= 11 is 0. The molecule has 0 heterocycles. The third kappa shape index (κ3) is 5.70. The van der Waals surface area contributed by atoms with Crippen LogP contribution in [0.4, 0.5) is 5.69 Å². The van der Waals surface area contributed by atoms with E-state index in [4.69, 9.17) is 10.1 Å². The molecule has 0 bridgehead atoms. The number of hydrogen-bond donors (Lipinski definition) is 3. The molecule has 0 aliphatic carbocycles. The Morgan fingerprint density at radius 2 is 1.69 bits per heavy atom. The first-order valence-corrected chi connectivity index (χ1v) is 10.2. The number of Topliss-reactive ketones (excluding diaryl/α,β-unsaturated/α-hetero) is 1. The fourth-order valence-electron chi connectivity index (χ4n) is 3.23. The monoisotopic (exact) mass is 427 g/mol. The third-order valence-electron chi connectivity index (χ3n) is 4.82. The molecule has 0 saturated carbocycles. The second-order valence-corrected chi connectivity index (χ2v) is 6.96. The van der Waals surface area contributed by atoms with Gasteiger partial charge in [-0.15, -0.1) is 0 Å². The van der Waals surface area contributed by atoms with Gasteiger partial charge in [0.15, 0.2) is 0 Å². The fraction of sp³-hybridized carbons (Fsp3) is 0.115. The number of allylic oxidation sites excluding steroid dienone is 1. The van der Waals surface area contributed by atoms with E-state index in [2.05, 4.69) is 10.6 Å². The highest BCUT2D eigenvalue weighted by Gasteiger charge is 2.27. The summed E-state index contributed by atoms with van der Waals surface area (Å²) in [7, 11) is 1.58. The van der Waals surface area contributed by atoms with Gasteiger partial charge >= 0.3 is 0 Å². The molecule has 0 saturated heterocycles. The van der Waals surface area contributed by atoms with Crippen molar-refractivity contribution < 1.29 is 14.3 Å². The van der Waals surface area contributed by atoms with Crippen molar-refractivity contribution in [2.24, 2.45) is 0 Å². The SMILES string of the molecule is COc1cccc(NC(C(=O)C(=N)/C(=C\NCC=O)c2ccccc2)c2ccccc2)c1. The zero-order valence-corrected chi connectivity index (χ0v) is 17.7. The van der Waals surface area contributed by atoms with Crippen molar-refractivity contribution in [3.63, 3.8) is 0 Å². The molecular weight excluding hydrogens is 402 g/mol. The minimum atomic E-state index is -0.783. The average molecular weight is 428 g/mol. The van der Waals surface area contributed by atoms with Crippen molar-refractivity contribution in [2.45, 2.75) is 6.04 Å². The summed E-state index contributed by atoms with van der Waals surface area (Å²) in [6.45, 7) is 0.0853. The van der Waals surface area contributed by atoms with Gasteiger partial charge in [0.25, 0.3) is 0 Å². The van der Waals surface area contributed by atoms with Gasteiger partial charge in [0.05, 0.1) is 13.7 Å². The standard InChI is InChI=1S/C26H25N3O3/c1-32-22-14-8-13-21(17-22)29-25(20-11-6-3-7-12-20)26(31)24(27)23(18-28-15-16-30)19-9-4-2-5-10-19/h2-14,16-18,25,27-29H,15H2,1H3/b23-18-,27-24?. The lowest BCUT2D eigenvalue weighted by Crippen LogP contribution is -2.29. The summed E-state index contributed by atoms with van der Waals surface area (Å²) < 4.78 is 5.29. The lowest BCUT2D eigenvalue weighted by Gasteiger charge is -2.21. The number of ether oxygens (including phenoxy) is 1. The molecule has 162 valence electrons. The van der Waals surface area contributed by atoms with Crippen LogP contribution < -0.4 is 15.4 Å². The molecule has 0 amide bonds. The van der Waals surface area contributed by atoms with E-state index < -0.39 is 11.8 Å². The molecule has 0 aliphatic heterocycles. The molecule has 0 spiro atoms. The number of methoxy groups -OCH3 is 1. The first-order valence-electron chi connectivity index (χ1n) is 10.2. The third-order valence-corrected chi connectivity index (χ3v) is 4.82. The predicted octanol–water partition coefficient (Wildman–Crippen LogP) is 4.27. The Labute approximate surface area is 187 Å². The Kier molecular flexibility index (Phi) is 7.92. The van der Waals surface area contributed by atoms with Crippen LogP contribution in [-0.4, -0.2) is 31.4 Å². The van der Waals surface area contributed by atoms with Crippen LogP contribution in [-0.2, 0) is 9.59 Å². The molecule has 1 unspecified atom stereocenters. The lowest BCUT2D eigenvalue weighted by molar-refractivity contribution is -0.113. The molecule has 3 N–H and O–H groups in total. The Morgan fingerprint density at radius 3 is 2.34 bits per heavy atom. The normalized spacial score (nSPS) is 11.8. The predicted molar refractivity (Wildman–Crippen MR) is 127 cm³/mol. The Bertz CT molecular complexity index is 1100. The molecule has 3 rings (SSSR count). The van der Waals surface area contributed by atoms with Crippen molar-refractivity contribution in [3.8, 4) is 5.75 Å². The van der Waals surface area contributed by atoms with Gasteiger partial charge in [0.2, 0.25) is 5.78 Å². The number of anilines is 1. The van der Waals surface area contributed by atoms with Gasteiger partial charge in [-0.1, -0.05) is 66.7 Å². The van der Waals surface area contributed by atoms with Crippen molar-refractivity contribution in [1.82, 2.24) is 5.32 Å². The highest BCUT2D eigenvalue weighted by molar-refractivity contribution is 6.56. The van der Waals surface area contributed by atoms with Crippen molar-refractivity contribution >= 4 is 29.0 Å². The first kappa shape index (κ1) is 22.5. The van der Waals surface area contributed by atoms with Gasteiger partial charge in [-0.05, 0) is 23.3 Å².